The highest BCUT2D eigenvalue weighted by atomic mass is 16.5. The molecule has 0 amide bonds. The van der Waals surface area contributed by atoms with Crippen molar-refractivity contribution in [1.29, 1.82) is 0 Å². The Morgan fingerprint density at radius 2 is 1.53 bits per heavy atom. The highest BCUT2D eigenvalue weighted by Gasteiger charge is 2.20. The predicted octanol–water partition coefficient (Wildman–Crippen LogP) is 6.26. The number of ether oxygens (including phenoxy) is 1. The Morgan fingerprint density at radius 1 is 0.882 bits per heavy atom. The lowest BCUT2D eigenvalue weighted by Crippen LogP contribution is -2.18. The van der Waals surface area contributed by atoms with E-state index in [4.69, 9.17) is 19.7 Å². The first-order chi connectivity index (χ1) is 16.5. The van der Waals surface area contributed by atoms with E-state index < -0.39 is 0 Å². The normalized spacial score (nSPS) is 14.0. The number of carbonyl (C=O) groups excluding carboxylic acids is 1. The molecular weight excluding hydrogens is 424 g/mol. The van der Waals surface area contributed by atoms with Crippen LogP contribution in [-0.4, -0.2) is 30.1 Å². The molecule has 172 valence electrons. The van der Waals surface area contributed by atoms with E-state index in [1.165, 1.54) is 11.1 Å². The zero-order valence-electron chi connectivity index (χ0n) is 19.7. The Balaban J connectivity index is 1.60. The van der Waals surface area contributed by atoms with Gasteiger partial charge in [-0.25, -0.2) is 19.8 Å². The molecule has 3 aromatic carbocycles. The van der Waals surface area contributed by atoms with Gasteiger partial charge in [0.2, 0.25) is 0 Å². The summed E-state index contributed by atoms with van der Waals surface area (Å²) in [7, 11) is 0. The first-order valence-electron chi connectivity index (χ1n) is 11.5. The van der Waals surface area contributed by atoms with Crippen LogP contribution in [0, 0.1) is 13.8 Å². The van der Waals surface area contributed by atoms with Gasteiger partial charge in [0.25, 0.3) is 0 Å². The number of aliphatic imine (C=N–C) groups is 3. The summed E-state index contributed by atoms with van der Waals surface area (Å²) in [5.74, 6) is 1.29. The van der Waals surface area contributed by atoms with Crippen molar-refractivity contribution in [2.75, 3.05) is 11.9 Å². The second kappa shape index (κ2) is 10.7. The number of nitrogens with one attached hydrogen (secondary N) is 1. The third kappa shape index (κ3) is 5.84. The Labute approximate surface area is 200 Å². The SMILES string of the molecule is CCCCOC(=O)c1ccc(C2=NC(=Nc3ccc(C)cc3)C(Nc3ccc(C)cc3)=N2)cc1. The number of aryl methyl sites for hydroxylation is 2. The van der Waals surface area contributed by atoms with E-state index in [9.17, 15) is 4.79 Å². The number of carbonyl (C=O) groups is 1. The number of amidine groups is 3. The predicted molar refractivity (Wildman–Crippen MR) is 139 cm³/mol. The van der Waals surface area contributed by atoms with Crippen LogP contribution < -0.4 is 5.32 Å². The molecule has 0 fully saturated rings. The zero-order chi connectivity index (χ0) is 23.9. The number of anilines is 1. The van der Waals surface area contributed by atoms with Crippen molar-refractivity contribution in [2.45, 2.75) is 33.6 Å². The standard InChI is InChI=1S/C28H28N4O2/c1-4-5-18-34-28(33)22-12-10-21(11-13-22)25-31-26(29-23-14-6-19(2)7-15-23)27(32-25)30-24-16-8-20(3)9-17-24/h6-17H,4-5,18H2,1-3H3,(H,29,30,31,32). The Kier molecular flexibility index (Phi) is 7.28. The topological polar surface area (TPSA) is 75.4 Å². The molecule has 0 saturated carbocycles. The van der Waals surface area contributed by atoms with E-state index in [0.29, 0.717) is 29.7 Å². The molecule has 6 nitrogen and oxygen atoms in total. The van der Waals surface area contributed by atoms with Gasteiger partial charge in [0, 0.05) is 11.3 Å². The molecule has 3 aromatic rings. The maximum Gasteiger partial charge on any atom is 0.338 e. The smallest absolute Gasteiger partial charge is 0.338 e. The number of esters is 1. The van der Waals surface area contributed by atoms with Crippen LogP contribution in [0.1, 0.15) is 46.8 Å². The molecule has 0 radical (unpaired) electrons. The largest absolute Gasteiger partial charge is 0.462 e. The molecule has 4 rings (SSSR count). The number of hydrogen-bond acceptors (Lipinski definition) is 5. The lowest BCUT2D eigenvalue weighted by molar-refractivity contribution is 0.0499. The summed E-state index contributed by atoms with van der Waals surface area (Å²) in [5, 5.41) is 3.34. The Hall–Kier alpha value is -4.06. The molecule has 1 heterocycles. The molecule has 0 saturated heterocycles. The molecule has 0 aliphatic carbocycles. The lowest BCUT2D eigenvalue weighted by atomic mass is 10.1. The third-order valence-electron chi connectivity index (χ3n) is 5.33. The fourth-order valence-electron chi connectivity index (χ4n) is 3.29. The summed E-state index contributed by atoms with van der Waals surface area (Å²) in [4.78, 5) is 26.3. The van der Waals surface area contributed by atoms with Gasteiger partial charge in [-0.1, -0.05) is 60.9 Å². The summed E-state index contributed by atoms with van der Waals surface area (Å²) in [5.41, 5.74) is 5.35. The van der Waals surface area contributed by atoms with Gasteiger partial charge < -0.3 is 10.1 Å². The van der Waals surface area contributed by atoms with Crippen LogP contribution in [0.2, 0.25) is 0 Å². The molecule has 0 atom stereocenters. The summed E-state index contributed by atoms with van der Waals surface area (Å²) in [6, 6.07) is 23.2. The number of hydrogen-bond donors (Lipinski definition) is 1. The monoisotopic (exact) mass is 452 g/mol. The highest BCUT2D eigenvalue weighted by Crippen LogP contribution is 2.19. The number of benzene rings is 3. The van der Waals surface area contributed by atoms with Crippen LogP contribution in [0.4, 0.5) is 11.4 Å². The first kappa shape index (κ1) is 23.1. The van der Waals surface area contributed by atoms with E-state index >= 15 is 0 Å². The van der Waals surface area contributed by atoms with Gasteiger partial charge in [-0.2, -0.15) is 0 Å². The van der Waals surface area contributed by atoms with Crippen LogP contribution in [0.15, 0.2) is 87.8 Å². The maximum absolute atomic E-state index is 12.2. The van der Waals surface area contributed by atoms with E-state index in [0.717, 1.165) is 29.8 Å². The average Bonchev–Trinajstić information content (AvgIpc) is 3.24. The maximum atomic E-state index is 12.2. The minimum atomic E-state index is -0.319. The van der Waals surface area contributed by atoms with Crippen molar-refractivity contribution in [3.05, 3.63) is 95.1 Å². The molecule has 34 heavy (non-hydrogen) atoms. The van der Waals surface area contributed by atoms with Crippen LogP contribution in [0.3, 0.4) is 0 Å². The summed E-state index contributed by atoms with van der Waals surface area (Å²) < 4.78 is 5.29. The van der Waals surface area contributed by atoms with Gasteiger partial charge in [-0.05, 0) is 56.7 Å². The highest BCUT2D eigenvalue weighted by molar-refractivity contribution is 6.51. The molecule has 0 unspecified atom stereocenters. The van der Waals surface area contributed by atoms with Gasteiger partial charge in [-0.3, -0.25) is 0 Å². The minimum absolute atomic E-state index is 0.319. The fraction of sp³-hybridized carbons (Fsp3) is 0.214. The minimum Gasteiger partial charge on any atom is -0.462 e. The molecule has 1 aliphatic heterocycles. The van der Waals surface area contributed by atoms with E-state index in [-0.39, 0.29) is 5.97 Å². The van der Waals surface area contributed by atoms with Gasteiger partial charge in [-0.15, -0.1) is 0 Å². The number of nitrogens with zero attached hydrogens (tertiary/aromatic N) is 3. The van der Waals surface area contributed by atoms with Crippen LogP contribution >= 0.6 is 0 Å². The summed E-state index contributed by atoms with van der Waals surface area (Å²) in [6.45, 7) is 6.58. The van der Waals surface area contributed by atoms with Crippen molar-refractivity contribution >= 4 is 34.9 Å². The van der Waals surface area contributed by atoms with Gasteiger partial charge in [0.15, 0.2) is 17.5 Å². The van der Waals surface area contributed by atoms with Gasteiger partial charge in [0.1, 0.15) is 0 Å². The van der Waals surface area contributed by atoms with Crippen molar-refractivity contribution in [1.82, 2.24) is 0 Å². The molecule has 0 aromatic heterocycles. The lowest BCUT2D eigenvalue weighted by Gasteiger charge is -2.06. The molecule has 1 aliphatic rings. The first-order valence-corrected chi connectivity index (χ1v) is 11.5. The van der Waals surface area contributed by atoms with Gasteiger partial charge >= 0.3 is 5.97 Å². The second-order valence-electron chi connectivity index (χ2n) is 8.22. The molecular formula is C28H28N4O2. The van der Waals surface area contributed by atoms with Crippen molar-refractivity contribution in [2.24, 2.45) is 15.0 Å². The fourth-order valence-corrected chi connectivity index (χ4v) is 3.29. The Bertz CT molecular complexity index is 1240. The van der Waals surface area contributed by atoms with Crippen LogP contribution in [0.5, 0.6) is 0 Å². The van der Waals surface area contributed by atoms with Crippen molar-refractivity contribution < 1.29 is 9.53 Å². The summed E-state index contributed by atoms with van der Waals surface area (Å²) >= 11 is 0. The van der Waals surface area contributed by atoms with Gasteiger partial charge in [0.05, 0.1) is 17.9 Å². The zero-order valence-corrected chi connectivity index (χ0v) is 19.7. The third-order valence-corrected chi connectivity index (χ3v) is 5.33. The number of unbranched alkanes of at least 4 members (excludes halogenated alkanes) is 1. The second-order valence-corrected chi connectivity index (χ2v) is 8.22. The molecule has 6 heteroatoms. The van der Waals surface area contributed by atoms with Crippen LogP contribution in [0.25, 0.3) is 0 Å². The van der Waals surface area contributed by atoms with E-state index in [1.54, 1.807) is 12.1 Å². The average molecular weight is 453 g/mol. The number of rotatable bonds is 7. The molecule has 0 spiro atoms. The quantitative estimate of drug-likeness (QED) is 0.339. The van der Waals surface area contributed by atoms with Crippen LogP contribution in [-0.2, 0) is 4.74 Å². The van der Waals surface area contributed by atoms with E-state index in [2.05, 4.69) is 12.2 Å². The molecule has 0 bridgehead atoms. The molecule has 1 N–H and O–H groups in total. The summed E-state index contributed by atoms with van der Waals surface area (Å²) in [6.07, 6.45) is 1.84. The Morgan fingerprint density at radius 3 is 2.18 bits per heavy atom. The van der Waals surface area contributed by atoms with Crippen molar-refractivity contribution in [3.8, 4) is 0 Å². The van der Waals surface area contributed by atoms with E-state index in [1.807, 2.05) is 74.5 Å². The van der Waals surface area contributed by atoms with Crippen molar-refractivity contribution in [3.63, 3.8) is 0 Å².